The predicted octanol–water partition coefficient (Wildman–Crippen LogP) is 3.70. The van der Waals surface area contributed by atoms with Crippen LogP contribution in [0.1, 0.15) is 0 Å². The molecule has 0 spiro atoms. The predicted molar refractivity (Wildman–Crippen MR) is 102 cm³/mol. The number of nitrogens with zero attached hydrogens (tertiary/aromatic N) is 4. The van der Waals surface area contributed by atoms with E-state index < -0.39 is 0 Å². The van der Waals surface area contributed by atoms with Gasteiger partial charge in [0.25, 0.3) is 0 Å². The first-order valence-electron chi connectivity index (χ1n) is 8.34. The van der Waals surface area contributed by atoms with Crippen LogP contribution in [0.4, 0.5) is 0 Å². The average molecular weight is 338 g/mol. The van der Waals surface area contributed by atoms with E-state index in [1.54, 1.807) is 4.40 Å². The van der Waals surface area contributed by atoms with Crippen molar-refractivity contribution in [2.45, 2.75) is 0 Å². The topological polar surface area (TPSA) is 52.2 Å². The highest BCUT2D eigenvalue weighted by molar-refractivity contribution is 6.04. The van der Waals surface area contributed by atoms with Gasteiger partial charge in [-0.3, -0.25) is 0 Å². The molecule has 2 aromatic heterocycles. The molecule has 0 N–H and O–H groups in total. The standard InChI is InChI=1S/C21H14N4O/c26-21-24-18-14-8-7-13-17(18)19(15-9-3-1-4-10-15)20(24)22-23-25(21)16-11-5-2-6-12-16/h1-14H. The summed E-state index contributed by atoms with van der Waals surface area (Å²) in [6, 6.07) is 27.1. The van der Waals surface area contributed by atoms with Crippen molar-refractivity contribution in [2.75, 3.05) is 0 Å². The summed E-state index contributed by atoms with van der Waals surface area (Å²) in [7, 11) is 0. The van der Waals surface area contributed by atoms with E-state index in [4.69, 9.17) is 0 Å². The van der Waals surface area contributed by atoms with Crippen molar-refractivity contribution in [3.8, 4) is 16.8 Å². The van der Waals surface area contributed by atoms with Crippen LogP contribution in [-0.2, 0) is 0 Å². The second kappa shape index (κ2) is 5.67. The lowest BCUT2D eigenvalue weighted by Gasteiger charge is -2.04. The van der Waals surface area contributed by atoms with E-state index in [1.165, 1.54) is 4.68 Å². The Kier molecular flexibility index (Phi) is 3.18. The monoisotopic (exact) mass is 338 g/mol. The summed E-state index contributed by atoms with van der Waals surface area (Å²) < 4.78 is 2.96. The minimum atomic E-state index is -0.236. The Hall–Kier alpha value is -3.73. The maximum Gasteiger partial charge on any atom is 0.357 e. The van der Waals surface area contributed by atoms with E-state index in [2.05, 4.69) is 10.3 Å². The third kappa shape index (κ3) is 2.07. The number of hydrogen-bond donors (Lipinski definition) is 0. The molecule has 5 nitrogen and oxygen atoms in total. The molecule has 0 fully saturated rings. The molecule has 3 aromatic carbocycles. The van der Waals surface area contributed by atoms with Gasteiger partial charge in [-0.05, 0) is 23.8 Å². The minimum Gasteiger partial charge on any atom is -0.245 e. The third-order valence-electron chi connectivity index (χ3n) is 4.51. The fourth-order valence-electron chi connectivity index (χ4n) is 3.36. The Bertz CT molecular complexity index is 1290. The van der Waals surface area contributed by atoms with E-state index >= 15 is 0 Å². The van der Waals surface area contributed by atoms with Crippen LogP contribution in [0.15, 0.2) is 89.7 Å². The van der Waals surface area contributed by atoms with Crippen LogP contribution in [0.5, 0.6) is 0 Å². The van der Waals surface area contributed by atoms with Gasteiger partial charge in [-0.2, -0.15) is 4.68 Å². The molecule has 2 heterocycles. The summed E-state index contributed by atoms with van der Waals surface area (Å²) in [6.07, 6.45) is 0. The van der Waals surface area contributed by atoms with Crippen molar-refractivity contribution >= 4 is 16.6 Å². The molecule has 0 saturated carbocycles. The van der Waals surface area contributed by atoms with Crippen molar-refractivity contribution in [1.29, 1.82) is 0 Å². The number of rotatable bonds is 2. The fraction of sp³-hybridized carbons (Fsp3) is 0. The van der Waals surface area contributed by atoms with Gasteiger partial charge < -0.3 is 0 Å². The Morgan fingerprint density at radius 3 is 2.15 bits per heavy atom. The van der Waals surface area contributed by atoms with Gasteiger partial charge in [0.1, 0.15) is 0 Å². The SMILES string of the molecule is O=c1n(-c2ccccc2)nnc2c(-c3ccccc3)c3ccccc3n12. The molecule has 0 amide bonds. The van der Waals surface area contributed by atoms with Gasteiger partial charge in [0, 0.05) is 10.9 Å². The molecule has 0 aliphatic carbocycles. The summed E-state index contributed by atoms with van der Waals surface area (Å²) in [5.41, 5.74) is 3.77. The lowest BCUT2D eigenvalue weighted by atomic mass is 10.0. The Morgan fingerprint density at radius 1 is 0.731 bits per heavy atom. The highest BCUT2D eigenvalue weighted by atomic mass is 16.2. The molecule has 5 aromatic rings. The molecule has 0 unspecified atom stereocenters. The lowest BCUT2D eigenvalue weighted by molar-refractivity contribution is 0.682. The van der Waals surface area contributed by atoms with Crippen LogP contribution in [0.2, 0.25) is 0 Å². The molecule has 0 aliphatic heterocycles. The summed E-state index contributed by atoms with van der Waals surface area (Å²) in [5, 5.41) is 9.58. The van der Waals surface area contributed by atoms with Crippen molar-refractivity contribution in [1.82, 2.24) is 19.4 Å². The highest BCUT2D eigenvalue weighted by Gasteiger charge is 2.18. The molecule has 124 valence electrons. The highest BCUT2D eigenvalue weighted by Crippen LogP contribution is 2.33. The number of aromatic nitrogens is 4. The molecule has 0 bridgehead atoms. The molecule has 5 heteroatoms. The molecule has 0 atom stereocenters. The van der Waals surface area contributed by atoms with Gasteiger partial charge in [-0.25, -0.2) is 9.20 Å². The van der Waals surface area contributed by atoms with Crippen molar-refractivity contribution in [3.63, 3.8) is 0 Å². The summed E-state index contributed by atoms with van der Waals surface area (Å²) in [4.78, 5) is 13.2. The van der Waals surface area contributed by atoms with Crippen LogP contribution >= 0.6 is 0 Å². The van der Waals surface area contributed by atoms with Gasteiger partial charge >= 0.3 is 5.69 Å². The minimum absolute atomic E-state index is 0.236. The number of para-hydroxylation sites is 2. The largest absolute Gasteiger partial charge is 0.357 e. The van der Waals surface area contributed by atoms with Crippen molar-refractivity contribution in [2.24, 2.45) is 0 Å². The molecule has 5 rings (SSSR count). The third-order valence-corrected chi connectivity index (χ3v) is 4.51. The first-order valence-corrected chi connectivity index (χ1v) is 8.34. The molecular formula is C21H14N4O. The summed E-state index contributed by atoms with van der Waals surface area (Å²) in [5.74, 6) is 0. The first-order chi connectivity index (χ1) is 12.8. The van der Waals surface area contributed by atoms with Crippen LogP contribution in [0.3, 0.4) is 0 Å². The van der Waals surface area contributed by atoms with E-state index in [0.717, 1.165) is 22.0 Å². The number of hydrogen-bond acceptors (Lipinski definition) is 3. The first kappa shape index (κ1) is 14.6. The molecule has 26 heavy (non-hydrogen) atoms. The van der Waals surface area contributed by atoms with E-state index in [-0.39, 0.29) is 5.69 Å². The van der Waals surface area contributed by atoms with Crippen molar-refractivity contribution < 1.29 is 0 Å². The zero-order valence-electron chi connectivity index (χ0n) is 13.8. The Balaban J connectivity index is 1.93. The molecule has 0 radical (unpaired) electrons. The fourth-order valence-corrected chi connectivity index (χ4v) is 3.36. The van der Waals surface area contributed by atoms with Crippen LogP contribution < -0.4 is 5.69 Å². The van der Waals surface area contributed by atoms with Gasteiger partial charge in [-0.1, -0.05) is 71.9 Å². The van der Waals surface area contributed by atoms with Crippen LogP contribution in [0.25, 0.3) is 33.4 Å². The average Bonchev–Trinajstić information content (AvgIpc) is 3.05. The van der Waals surface area contributed by atoms with Crippen LogP contribution in [0, 0.1) is 0 Å². The maximum absolute atomic E-state index is 13.2. The zero-order chi connectivity index (χ0) is 17.5. The van der Waals surface area contributed by atoms with Gasteiger partial charge in [0.2, 0.25) is 0 Å². The second-order valence-electron chi connectivity index (χ2n) is 6.04. The van der Waals surface area contributed by atoms with Gasteiger partial charge in [0.15, 0.2) is 5.65 Å². The lowest BCUT2D eigenvalue weighted by Crippen LogP contribution is -2.28. The smallest absolute Gasteiger partial charge is 0.245 e. The summed E-state index contributed by atoms with van der Waals surface area (Å²) >= 11 is 0. The molecule has 0 aliphatic rings. The molecular weight excluding hydrogens is 324 g/mol. The Labute approximate surface area is 148 Å². The van der Waals surface area contributed by atoms with Crippen LogP contribution in [-0.4, -0.2) is 19.4 Å². The number of fused-ring (bicyclic) bond motifs is 3. The van der Waals surface area contributed by atoms with E-state index in [9.17, 15) is 4.79 Å². The second-order valence-corrected chi connectivity index (χ2v) is 6.04. The molecule has 0 saturated heterocycles. The maximum atomic E-state index is 13.2. The van der Waals surface area contributed by atoms with Gasteiger partial charge in [0.05, 0.1) is 11.2 Å². The zero-order valence-corrected chi connectivity index (χ0v) is 13.8. The summed E-state index contributed by atoms with van der Waals surface area (Å²) in [6.45, 7) is 0. The van der Waals surface area contributed by atoms with E-state index in [0.29, 0.717) is 11.3 Å². The van der Waals surface area contributed by atoms with E-state index in [1.807, 2.05) is 84.9 Å². The van der Waals surface area contributed by atoms with Crippen molar-refractivity contribution in [3.05, 3.63) is 95.4 Å². The quantitative estimate of drug-likeness (QED) is 0.493. The van der Waals surface area contributed by atoms with Gasteiger partial charge in [-0.15, -0.1) is 5.10 Å². The normalized spacial score (nSPS) is 11.2. The number of benzene rings is 3. The Morgan fingerprint density at radius 2 is 1.38 bits per heavy atom.